The molecule has 0 bridgehead atoms. The zero-order valence-corrected chi connectivity index (χ0v) is 26.0. The fourth-order valence-electron chi connectivity index (χ4n) is 9.36. The van der Waals surface area contributed by atoms with Crippen LogP contribution in [0.2, 0.25) is 0 Å². The molecular formula is C34H36FN3O6S. The Kier molecular flexibility index (Phi) is 7.12. The standard InChI is InChI=1S/C34H36FN3O6S/c1-32-15-19-17-37-38(22-8-6-21(35)7-9-22)25(19)14-20(32)5-10-23-24-11-12-34(31(42)45-18-28(36)40,33(24,2)16-26(39)29(23)32)44-30(41)27-4-3-13-43-27/h3-4,6-9,13-14,17,23-24,26,29,39H,5,10-12,15-16,18H2,1-2H3,(H2,36,40)/t23-,24-,26-,29+,32-,33-,34-/m0/s1. The average molecular weight is 634 g/mol. The van der Waals surface area contributed by atoms with Gasteiger partial charge in [0.15, 0.2) is 5.60 Å². The number of primary amides is 1. The number of aromatic nitrogens is 2. The van der Waals surface area contributed by atoms with Crippen molar-refractivity contribution in [1.82, 2.24) is 9.78 Å². The molecule has 45 heavy (non-hydrogen) atoms. The fraction of sp³-hybridized carbons (Fsp3) is 0.471. The third kappa shape index (κ3) is 4.52. The lowest BCUT2D eigenvalue weighted by molar-refractivity contribution is -0.175. The Morgan fingerprint density at radius 1 is 1.20 bits per heavy atom. The number of hydrogen-bond acceptors (Lipinski definition) is 8. The van der Waals surface area contributed by atoms with Crippen LogP contribution >= 0.6 is 11.8 Å². The van der Waals surface area contributed by atoms with Gasteiger partial charge in [-0.15, -0.1) is 0 Å². The Balaban J connectivity index is 1.23. The van der Waals surface area contributed by atoms with Crippen molar-refractivity contribution >= 4 is 34.8 Å². The van der Waals surface area contributed by atoms with Crippen molar-refractivity contribution in [2.75, 3.05) is 5.75 Å². The fourth-order valence-corrected chi connectivity index (χ4v) is 10.2. The summed E-state index contributed by atoms with van der Waals surface area (Å²) in [7, 11) is 0. The lowest BCUT2D eigenvalue weighted by atomic mass is 9.45. The van der Waals surface area contributed by atoms with E-state index in [1.807, 2.05) is 17.8 Å². The molecule has 1 aromatic carbocycles. The van der Waals surface area contributed by atoms with Crippen molar-refractivity contribution in [2.45, 2.75) is 64.1 Å². The van der Waals surface area contributed by atoms with Crippen molar-refractivity contribution in [2.24, 2.45) is 34.3 Å². The number of allylic oxidation sites excluding steroid dienone is 1. The van der Waals surface area contributed by atoms with E-state index in [9.17, 15) is 23.9 Å². The molecule has 236 valence electrons. The summed E-state index contributed by atoms with van der Waals surface area (Å²) in [5, 5.41) is 16.3. The van der Waals surface area contributed by atoms with Gasteiger partial charge in [0.25, 0.3) is 0 Å². The first-order chi connectivity index (χ1) is 21.5. The molecule has 0 unspecified atom stereocenters. The highest BCUT2D eigenvalue weighted by molar-refractivity contribution is 8.14. The third-order valence-electron chi connectivity index (χ3n) is 11.3. The van der Waals surface area contributed by atoms with Crippen molar-refractivity contribution in [1.29, 1.82) is 0 Å². The van der Waals surface area contributed by atoms with Gasteiger partial charge in [0.05, 0.1) is 35.7 Å². The minimum absolute atomic E-state index is 0.00450. The molecule has 7 atom stereocenters. The number of ether oxygens (including phenoxy) is 1. The van der Waals surface area contributed by atoms with E-state index < -0.39 is 34.1 Å². The van der Waals surface area contributed by atoms with Gasteiger partial charge in [0.2, 0.25) is 16.8 Å². The Morgan fingerprint density at radius 2 is 1.98 bits per heavy atom. The predicted molar refractivity (Wildman–Crippen MR) is 164 cm³/mol. The normalized spacial score (nSPS) is 33.3. The molecule has 9 nitrogen and oxygen atoms in total. The molecule has 3 aromatic rings. The van der Waals surface area contributed by atoms with Crippen LogP contribution < -0.4 is 5.73 Å². The number of hydrogen-bond donors (Lipinski definition) is 2. The van der Waals surface area contributed by atoms with Crippen LogP contribution in [0.1, 0.15) is 67.8 Å². The number of nitrogens with two attached hydrogens (primary N) is 1. The number of carbonyl (C=O) groups excluding carboxylic acids is 3. The zero-order chi connectivity index (χ0) is 31.7. The Bertz CT molecular complexity index is 1700. The van der Waals surface area contributed by atoms with Gasteiger partial charge in [0, 0.05) is 5.41 Å². The first kappa shape index (κ1) is 30.0. The number of halogens is 1. The predicted octanol–water partition coefficient (Wildman–Crippen LogP) is 5.10. The van der Waals surface area contributed by atoms with Gasteiger partial charge in [-0.1, -0.05) is 31.2 Å². The molecule has 11 heteroatoms. The highest BCUT2D eigenvalue weighted by Gasteiger charge is 2.70. The second-order valence-electron chi connectivity index (χ2n) is 13.5. The number of aliphatic hydroxyl groups is 1. The Hall–Kier alpha value is -3.70. The number of furan rings is 1. The number of benzene rings is 1. The van der Waals surface area contributed by atoms with Gasteiger partial charge in [-0.2, -0.15) is 5.10 Å². The molecule has 3 saturated carbocycles. The van der Waals surface area contributed by atoms with Crippen LogP contribution in [0.25, 0.3) is 11.8 Å². The molecule has 0 radical (unpaired) electrons. The van der Waals surface area contributed by atoms with Crippen LogP contribution in [0, 0.1) is 34.4 Å². The number of esters is 1. The second kappa shape index (κ2) is 10.7. The van der Waals surface area contributed by atoms with Crippen LogP contribution in [0.4, 0.5) is 4.39 Å². The number of nitrogens with zero attached hydrogens (tertiary/aromatic N) is 2. The van der Waals surface area contributed by atoms with Crippen molar-refractivity contribution < 1.29 is 33.0 Å². The molecular weight excluding hydrogens is 597 g/mol. The summed E-state index contributed by atoms with van der Waals surface area (Å²) in [5.41, 5.74) is 6.70. The number of amides is 1. The lowest BCUT2D eigenvalue weighted by Crippen LogP contribution is -2.62. The van der Waals surface area contributed by atoms with Gasteiger partial charge in [0.1, 0.15) is 5.82 Å². The molecule has 3 fully saturated rings. The molecule has 0 saturated heterocycles. The number of thioether (sulfide) groups is 1. The van der Waals surface area contributed by atoms with E-state index >= 15 is 0 Å². The number of carbonyl (C=O) groups is 3. The molecule has 3 N–H and O–H groups in total. The quantitative estimate of drug-likeness (QED) is 0.358. The van der Waals surface area contributed by atoms with Crippen molar-refractivity contribution in [3.8, 4) is 5.69 Å². The molecule has 2 heterocycles. The van der Waals surface area contributed by atoms with Crippen molar-refractivity contribution in [3.63, 3.8) is 0 Å². The Labute approximate surface area is 264 Å². The summed E-state index contributed by atoms with van der Waals surface area (Å²) in [6.07, 6.45) is 8.17. The highest BCUT2D eigenvalue weighted by atomic mass is 32.2. The van der Waals surface area contributed by atoms with E-state index in [1.165, 1.54) is 30.0 Å². The van der Waals surface area contributed by atoms with Crippen LogP contribution in [0.15, 0.2) is 58.8 Å². The summed E-state index contributed by atoms with van der Waals surface area (Å²) in [4.78, 5) is 38.9. The molecule has 2 aromatic heterocycles. The molecule has 0 aliphatic heterocycles. The van der Waals surface area contributed by atoms with Crippen LogP contribution in [-0.4, -0.2) is 49.3 Å². The third-order valence-corrected chi connectivity index (χ3v) is 12.3. The number of fused-ring (bicyclic) bond motifs is 6. The smallest absolute Gasteiger partial charge is 0.375 e. The summed E-state index contributed by atoms with van der Waals surface area (Å²) < 4.78 is 26.9. The molecule has 4 aliphatic rings. The highest BCUT2D eigenvalue weighted by Crippen LogP contribution is 2.69. The zero-order valence-electron chi connectivity index (χ0n) is 25.2. The first-order valence-electron chi connectivity index (χ1n) is 15.4. The van der Waals surface area contributed by atoms with Crippen LogP contribution in [0.3, 0.4) is 0 Å². The van der Waals surface area contributed by atoms with Gasteiger partial charge >= 0.3 is 5.97 Å². The number of rotatable bonds is 6. The minimum atomic E-state index is -1.55. The van der Waals surface area contributed by atoms with Gasteiger partial charge in [-0.25, -0.2) is 13.9 Å². The monoisotopic (exact) mass is 633 g/mol. The van der Waals surface area contributed by atoms with E-state index in [4.69, 9.17) is 14.9 Å². The van der Waals surface area contributed by atoms with Crippen LogP contribution in [0.5, 0.6) is 0 Å². The summed E-state index contributed by atoms with van der Waals surface area (Å²) in [5.74, 6) is -1.93. The number of aliphatic hydroxyl groups excluding tert-OH is 1. The van der Waals surface area contributed by atoms with E-state index in [0.717, 1.165) is 41.5 Å². The summed E-state index contributed by atoms with van der Waals surface area (Å²) in [6.45, 7) is 4.19. The second-order valence-corrected chi connectivity index (χ2v) is 14.5. The molecule has 4 aliphatic carbocycles. The molecule has 1 amide bonds. The van der Waals surface area contributed by atoms with Crippen molar-refractivity contribution in [3.05, 3.63) is 77.3 Å². The molecule has 7 rings (SSSR count). The van der Waals surface area contributed by atoms with E-state index in [-0.39, 0.29) is 53.3 Å². The summed E-state index contributed by atoms with van der Waals surface area (Å²) in [6, 6.07) is 9.34. The largest absolute Gasteiger partial charge is 0.457 e. The van der Waals surface area contributed by atoms with Gasteiger partial charge in [-0.05, 0) is 110 Å². The molecule has 0 spiro atoms. The van der Waals surface area contributed by atoms with E-state index in [2.05, 4.69) is 18.1 Å². The van der Waals surface area contributed by atoms with Gasteiger partial charge in [-0.3, -0.25) is 9.59 Å². The van der Waals surface area contributed by atoms with Crippen LogP contribution in [-0.2, 0) is 20.7 Å². The average Bonchev–Trinajstić information content (AvgIpc) is 3.73. The maximum atomic E-state index is 14.0. The maximum absolute atomic E-state index is 14.0. The Morgan fingerprint density at radius 3 is 2.69 bits per heavy atom. The summed E-state index contributed by atoms with van der Waals surface area (Å²) >= 11 is 0.774. The topological polar surface area (TPSA) is 138 Å². The maximum Gasteiger partial charge on any atom is 0.375 e. The first-order valence-corrected chi connectivity index (χ1v) is 16.4. The van der Waals surface area contributed by atoms with E-state index in [0.29, 0.717) is 12.8 Å². The van der Waals surface area contributed by atoms with Gasteiger partial charge < -0.3 is 20.0 Å². The van der Waals surface area contributed by atoms with E-state index in [1.54, 1.807) is 18.2 Å². The minimum Gasteiger partial charge on any atom is -0.457 e. The lowest BCUT2D eigenvalue weighted by Gasteiger charge is -2.60. The SMILES string of the molecule is C[C@]12Cc3cnn(-c4ccc(F)cc4)c3C=C1CC[C@@H]1[C@@H]2[C@@H](O)C[C@@]2(C)[C@H]1CC[C@]2(OC(=O)c1ccco1)C(=O)SCC(N)=O.